The van der Waals surface area contributed by atoms with E-state index in [2.05, 4.69) is 17.2 Å². The molecule has 0 amide bonds. The second-order valence-electron chi connectivity index (χ2n) is 4.73. The highest BCUT2D eigenvalue weighted by Crippen LogP contribution is 2.20. The van der Waals surface area contributed by atoms with E-state index in [1.807, 2.05) is 25.1 Å². The number of benzene rings is 1. The maximum absolute atomic E-state index is 13.5. The molecule has 0 radical (unpaired) electrons. The standard InChI is InChI=1S/C16H19FN2/c1-3-19-16(10-13-4-6-18-7-5-13)14-8-12(2)9-15(17)11-14/h4-9,11,16,19H,3,10H2,1-2H3. The van der Waals surface area contributed by atoms with Crippen molar-refractivity contribution in [2.45, 2.75) is 26.3 Å². The van der Waals surface area contributed by atoms with Crippen LogP contribution < -0.4 is 5.32 Å². The first-order chi connectivity index (χ1) is 9.19. The molecule has 1 N–H and O–H groups in total. The van der Waals surface area contributed by atoms with E-state index >= 15 is 0 Å². The Hall–Kier alpha value is -1.74. The van der Waals surface area contributed by atoms with Gasteiger partial charge in [-0.15, -0.1) is 0 Å². The van der Waals surface area contributed by atoms with Crippen LogP contribution in [0.15, 0.2) is 42.7 Å². The molecule has 0 aliphatic rings. The second kappa shape index (κ2) is 6.43. The number of nitrogens with one attached hydrogen (secondary N) is 1. The molecule has 3 heteroatoms. The lowest BCUT2D eigenvalue weighted by molar-refractivity contribution is 0.542. The predicted molar refractivity (Wildman–Crippen MR) is 75.5 cm³/mol. The average Bonchev–Trinajstić information content (AvgIpc) is 2.38. The minimum atomic E-state index is -0.173. The van der Waals surface area contributed by atoms with Crippen molar-refractivity contribution >= 4 is 0 Å². The lowest BCUT2D eigenvalue weighted by Gasteiger charge is -2.19. The molecule has 0 fully saturated rings. The molecule has 2 rings (SSSR count). The molecule has 1 atom stereocenters. The fourth-order valence-corrected chi connectivity index (χ4v) is 2.27. The minimum absolute atomic E-state index is 0.127. The second-order valence-corrected chi connectivity index (χ2v) is 4.73. The topological polar surface area (TPSA) is 24.9 Å². The van der Waals surface area contributed by atoms with Gasteiger partial charge in [-0.05, 0) is 60.8 Å². The summed E-state index contributed by atoms with van der Waals surface area (Å²) in [6.45, 7) is 4.83. The first-order valence-electron chi connectivity index (χ1n) is 6.58. The van der Waals surface area contributed by atoms with Crippen molar-refractivity contribution in [3.8, 4) is 0 Å². The summed E-state index contributed by atoms with van der Waals surface area (Å²) in [5, 5.41) is 3.41. The number of halogens is 1. The summed E-state index contributed by atoms with van der Waals surface area (Å²) in [6, 6.07) is 9.33. The van der Waals surface area contributed by atoms with Gasteiger partial charge in [-0.2, -0.15) is 0 Å². The normalized spacial score (nSPS) is 12.4. The van der Waals surface area contributed by atoms with Crippen LogP contribution in [0.1, 0.15) is 29.7 Å². The Morgan fingerprint density at radius 3 is 2.58 bits per heavy atom. The molecule has 1 unspecified atom stereocenters. The fourth-order valence-electron chi connectivity index (χ4n) is 2.27. The lowest BCUT2D eigenvalue weighted by atomic mass is 9.98. The van der Waals surface area contributed by atoms with Gasteiger partial charge in [-0.1, -0.05) is 13.0 Å². The van der Waals surface area contributed by atoms with Crippen molar-refractivity contribution < 1.29 is 4.39 Å². The molecule has 1 heterocycles. The third-order valence-electron chi connectivity index (χ3n) is 3.11. The Bertz CT molecular complexity index is 505. The third kappa shape index (κ3) is 3.86. The van der Waals surface area contributed by atoms with Gasteiger partial charge in [0.1, 0.15) is 5.82 Å². The van der Waals surface area contributed by atoms with E-state index in [4.69, 9.17) is 0 Å². The van der Waals surface area contributed by atoms with Crippen LogP contribution in [-0.2, 0) is 6.42 Å². The van der Waals surface area contributed by atoms with Gasteiger partial charge < -0.3 is 5.32 Å². The summed E-state index contributed by atoms with van der Waals surface area (Å²) in [6.07, 6.45) is 4.41. The van der Waals surface area contributed by atoms with Crippen LogP contribution >= 0.6 is 0 Å². The number of aromatic nitrogens is 1. The van der Waals surface area contributed by atoms with Crippen LogP contribution in [0.5, 0.6) is 0 Å². The summed E-state index contributed by atoms with van der Waals surface area (Å²) in [7, 11) is 0. The molecule has 2 nitrogen and oxygen atoms in total. The Morgan fingerprint density at radius 1 is 1.21 bits per heavy atom. The van der Waals surface area contributed by atoms with E-state index in [0.29, 0.717) is 0 Å². The van der Waals surface area contributed by atoms with Crippen LogP contribution in [0.4, 0.5) is 4.39 Å². The lowest BCUT2D eigenvalue weighted by Crippen LogP contribution is -2.23. The van der Waals surface area contributed by atoms with Gasteiger partial charge in [-0.25, -0.2) is 4.39 Å². The van der Waals surface area contributed by atoms with Crippen molar-refractivity contribution in [3.05, 3.63) is 65.2 Å². The van der Waals surface area contributed by atoms with Gasteiger partial charge >= 0.3 is 0 Å². The first-order valence-corrected chi connectivity index (χ1v) is 6.58. The number of hydrogen-bond acceptors (Lipinski definition) is 2. The molecule has 1 aromatic heterocycles. The quantitative estimate of drug-likeness (QED) is 0.888. The van der Waals surface area contributed by atoms with Gasteiger partial charge in [0.2, 0.25) is 0 Å². The van der Waals surface area contributed by atoms with E-state index in [-0.39, 0.29) is 11.9 Å². The van der Waals surface area contributed by atoms with Crippen LogP contribution in [0.25, 0.3) is 0 Å². The third-order valence-corrected chi connectivity index (χ3v) is 3.11. The average molecular weight is 258 g/mol. The molecule has 0 aliphatic heterocycles. The first kappa shape index (κ1) is 13.7. The van der Waals surface area contributed by atoms with Crippen LogP contribution in [0, 0.1) is 12.7 Å². The van der Waals surface area contributed by atoms with Crippen molar-refractivity contribution in [2.24, 2.45) is 0 Å². The van der Waals surface area contributed by atoms with Crippen LogP contribution in [0.2, 0.25) is 0 Å². The number of aryl methyl sites for hydroxylation is 1. The largest absolute Gasteiger partial charge is 0.310 e. The highest BCUT2D eigenvalue weighted by Gasteiger charge is 2.12. The molecule has 0 saturated heterocycles. The van der Waals surface area contributed by atoms with Gasteiger partial charge in [0, 0.05) is 18.4 Å². The van der Waals surface area contributed by atoms with E-state index in [1.165, 1.54) is 5.56 Å². The Balaban J connectivity index is 2.24. The summed E-state index contributed by atoms with van der Waals surface area (Å²) < 4.78 is 13.5. The predicted octanol–water partition coefficient (Wildman–Crippen LogP) is 3.42. The SMILES string of the molecule is CCNC(Cc1ccncc1)c1cc(C)cc(F)c1. The van der Waals surface area contributed by atoms with E-state index < -0.39 is 0 Å². The minimum Gasteiger partial charge on any atom is -0.310 e. The van der Waals surface area contributed by atoms with Crippen molar-refractivity contribution in [3.63, 3.8) is 0 Å². The molecule has 0 saturated carbocycles. The van der Waals surface area contributed by atoms with Gasteiger partial charge in [0.15, 0.2) is 0 Å². The van der Waals surface area contributed by atoms with Gasteiger partial charge in [-0.3, -0.25) is 4.98 Å². The molecular weight excluding hydrogens is 239 g/mol. The molecule has 2 aromatic rings. The number of hydrogen-bond donors (Lipinski definition) is 1. The number of likely N-dealkylation sites (N-methyl/N-ethyl adjacent to an activating group) is 1. The molecule has 0 bridgehead atoms. The Morgan fingerprint density at radius 2 is 1.95 bits per heavy atom. The monoisotopic (exact) mass is 258 g/mol. The molecule has 19 heavy (non-hydrogen) atoms. The van der Waals surface area contributed by atoms with Crippen LogP contribution in [0.3, 0.4) is 0 Å². The van der Waals surface area contributed by atoms with E-state index in [1.54, 1.807) is 24.5 Å². The zero-order valence-corrected chi connectivity index (χ0v) is 11.4. The summed E-state index contributed by atoms with van der Waals surface area (Å²) in [5.74, 6) is -0.173. The van der Waals surface area contributed by atoms with E-state index in [9.17, 15) is 4.39 Å². The zero-order chi connectivity index (χ0) is 13.7. The molecule has 1 aromatic carbocycles. The number of pyridine rings is 1. The molecule has 0 aliphatic carbocycles. The van der Waals surface area contributed by atoms with Gasteiger partial charge in [0.25, 0.3) is 0 Å². The molecule has 0 spiro atoms. The Labute approximate surface area is 113 Å². The zero-order valence-electron chi connectivity index (χ0n) is 11.4. The maximum Gasteiger partial charge on any atom is 0.123 e. The van der Waals surface area contributed by atoms with Gasteiger partial charge in [0.05, 0.1) is 0 Å². The maximum atomic E-state index is 13.5. The number of nitrogens with zero attached hydrogens (tertiary/aromatic N) is 1. The fraction of sp³-hybridized carbons (Fsp3) is 0.312. The Kier molecular flexibility index (Phi) is 4.63. The smallest absolute Gasteiger partial charge is 0.123 e. The summed E-state index contributed by atoms with van der Waals surface area (Å²) >= 11 is 0. The summed E-state index contributed by atoms with van der Waals surface area (Å²) in [4.78, 5) is 4.02. The van der Waals surface area contributed by atoms with E-state index in [0.717, 1.165) is 24.1 Å². The highest BCUT2D eigenvalue weighted by molar-refractivity contribution is 5.28. The van der Waals surface area contributed by atoms with Crippen LogP contribution in [-0.4, -0.2) is 11.5 Å². The molecular formula is C16H19FN2. The van der Waals surface area contributed by atoms with Crippen molar-refractivity contribution in [2.75, 3.05) is 6.54 Å². The van der Waals surface area contributed by atoms with Crippen molar-refractivity contribution in [1.82, 2.24) is 10.3 Å². The highest BCUT2D eigenvalue weighted by atomic mass is 19.1. The summed E-state index contributed by atoms with van der Waals surface area (Å²) in [5.41, 5.74) is 3.15. The molecule has 100 valence electrons. The van der Waals surface area contributed by atoms with Crippen molar-refractivity contribution in [1.29, 1.82) is 0 Å². The number of rotatable bonds is 5.